The van der Waals surface area contributed by atoms with Crippen LogP contribution in [-0.2, 0) is 9.47 Å². The molecular weight excluding hydrogens is 453 g/mol. The number of rotatable bonds is 5. The second kappa shape index (κ2) is 10.7. The van der Waals surface area contributed by atoms with Crippen LogP contribution in [0.4, 0.5) is 0 Å². The molecule has 3 nitrogen and oxygen atoms in total. The van der Waals surface area contributed by atoms with Gasteiger partial charge in [-0.2, -0.15) is 0 Å². The first-order valence-electron chi connectivity index (χ1n) is 7.85. The van der Waals surface area contributed by atoms with Crippen LogP contribution in [0.5, 0.6) is 5.75 Å². The van der Waals surface area contributed by atoms with Crippen LogP contribution in [0.2, 0.25) is 5.02 Å². The van der Waals surface area contributed by atoms with Crippen molar-refractivity contribution in [3.8, 4) is 5.75 Å². The number of halogens is 1. The Morgan fingerprint density at radius 2 is 2.09 bits per heavy atom. The van der Waals surface area contributed by atoms with Crippen LogP contribution < -0.4 is 73.6 Å². The molecule has 1 unspecified atom stereocenters. The summed E-state index contributed by atoms with van der Waals surface area (Å²) in [4.78, 5) is 1.10. The van der Waals surface area contributed by atoms with Crippen LogP contribution in [0, 0.1) is 18.4 Å². The van der Waals surface area contributed by atoms with Gasteiger partial charge < -0.3 is 14.2 Å². The number of ether oxygens (including phenoxy) is 3. The minimum atomic E-state index is 0. The van der Waals surface area contributed by atoms with Crippen LogP contribution in [0.15, 0.2) is 23.1 Å². The van der Waals surface area contributed by atoms with E-state index >= 15 is 0 Å². The molecule has 2 atom stereocenters. The van der Waals surface area contributed by atoms with Crippen molar-refractivity contribution in [2.75, 3.05) is 19.8 Å². The minimum absolute atomic E-state index is 0. The van der Waals surface area contributed by atoms with E-state index in [4.69, 9.17) is 25.8 Å². The summed E-state index contributed by atoms with van der Waals surface area (Å²) >= 11 is 7.93. The van der Waals surface area contributed by atoms with Gasteiger partial charge in [0.15, 0.2) is 0 Å². The van der Waals surface area contributed by atoms with Gasteiger partial charge in [0.2, 0.25) is 0 Å². The molecular formula is C17H22ClCsO3S. The van der Waals surface area contributed by atoms with E-state index in [1.807, 2.05) is 18.7 Å². The third kappa shape index (κ3) is 7.04. The molecule has 6 heteroatoms. The molecule has 1 aromatic carbocycles. The third-order valence-corrected chi connectivity index (χ3v) is 5.26. The van der Waals surface area contributed by atoms with E-state index in [1.54, 1.807) is 11.8 Å². The van der Waals surface area contributed by atoms with Crippen LogP contribution in [0.3, 0.4) is 0 Å². The second-order valence-corrected chi connectivity index (χ2v) is 7.69. The first-order valence-corrected chi connectivity index (χ1v) is 9.11. The maximum absolute atomic E-state index is 6.22. The predicted octanol–water partition coefficient (Wildman–Crippen LogP) is 1.79. The summed E-state index contributed by atoms with van der Waals surface area (Å²) in [7, 11) is 0. The molecule has 0 amide bonds. The average Bonchev–Trinajstić information content (AvgIpc) is 2.91. The number of benzene rings is 1. The molecule has 0 bridgehead atoms. The summed E-state index contributed by atoms with van der Waals surface area (Å²) in [6.07, 6.45) is 3.19. The minimum Gasteiger partial charge on any atom is -0.542 e. The smallest absolute Gasteiger partial charge is 0.542 e. The van der Waals surface area contributed by atoms with E-state index in [9.17, 15) is 0 Å². The topological polar surface area (TPSA) is 27.7 Å². The van der Waals surface area contributed by atoms with Gasteiger partial charge in [-0.05, 0) is 43.4 Å². The quantitative estimate of drug-likeness (QED) is 0.608. The van der Waals surface area contributed by atoms with Crippen molar-refractivity contribution in [1.29, 1.82) is 0 Å². The molecule has 1 aromatic rings. The van der Waals surface area contributed by atoms with Crippen molar-refractivity contribution in [3.05, 3.63) is 29.8 Å². The molecule has 2 aliphatic heterocycles. The zero-order chi connectivity index (χ0) is 15.4. The molecule has 0 saturated carbocycles. The molecule has 0 spiro atoms. The molecule has 3 rings (SSSR count). The predicted molar refractivity (Wildman–Crippen MR) is 89.3 cm³/mol. The number of hydrogen-bond acceptors (Lipinski definition) is 4. The Morgan fingerprint density at radius 3 is 2.78 bits per heavy atom. The Hall–Kier alpha value is 1.63. The van der Waals surface area contributed by atoms with Crippen LogP contribution >= 0.6 is 23.4 Å². The molecule has 2 aliphatic rings. The van der Waals surface area contributed by atoms with Crippen molar-refractivity contribution in [2.24, 2.45) is 11.8 Å². The van der Waals surface area contributed by atoms with Gasteiger partial charge in [0.25, 0.3) is 0 Å². The van der Waals surface area contributed by atoms with Crippen molar-refractivity contribution in [2.45, 2.75) is 36.5 Å². The average molecular weight is 475 g/mol. The summed E-state index contributed by atoms with van der Waals surface area (Å²) in [6, 6.07) is 5.91. The van der Waals surface area contributed by atoms with Gasteiger partial charge in [0.05, 0.1) is 12.0 Å². The van der Waals surface area contributed by atoms with Gasteiger partial charge in [0.1, 0.15) is 5.75 Å². The molecule has 0 radical (unpaired) electrons. The van der Waals surface area contributed by atoms with E-state index in [0.29, 0.717) is 16.9 Å². The summed E-state index contributed by atoms with van der Waals surface area (Å²) in [5.41, 5.74) is 0.178. The fourth-order valence-corrected chi connectivity index (χ4v) is 4.17. The molecule has 2 fully saturated rings. The Morgan fingerprint density at radius 1 is 1.30 bits per heavy atom. The van der Waals surface area contributed by atoms with E-state index in [-0.39, 0.29) is 74.3 Å². The first kappa shape index (κ1) is 20.9. The molecule has 0 aliphatic carbocycles. The van der Waals surface area contributed by atoms with Gasteiger partial charge >= 0.3 is 68.9 Å². The van der Waals surface area contributed by atoms with E-state index in [0.717, 1.165) is 49.7 Å². The summed E-state index contributed by atoms with van der Waals surface area (Å²) in [5, 5.41) is 0.710. The Balaban J connectivity index is 0.00000192. The van der Waals surface area contributed by atoms with Crippen molar-refractivity contribution in [1.82, 2.24) is 0 Å². The van der Waals surface area contributed by atoms with E-state index in [2.05, 4.69) is 13.0 Å². The normalized spacial score (nSPS) is 25.1. The van der Waals surface area contributed by atoms with Crippen molar-refractivity contribution in [3.63, 3.8) is 0 Å². The van der Waals surface area contributed by atoms with Gasteiger partial charge in [-0.15, -0.1) is 5.92 Å². The van der Waals surface area contributed by atoms with E-state index < -0.39 is 0 Å². The fraction of sp³-hybridized carbons (Fsp3) is 0.588. The van der Waals surface area contributed by atoms with Crippen LogP contribution in [-0.4, -0.2) is 25.3 Å². The molecule has 2 heterocycles. The summed E-state index contributed by atoms with van der Waals surface area (Å²) in [5.74, 6) is 1.94. The van der Waals surface area contributed by atoms with Crippen LogP contribution in [0.1, 0.15) is 26.2 Å². The monoisotopic (exact) mass is 474 g/mol. The number of thioether (sulfide) groups is 1. The van der Waals surface area contributed by atoms with Crippen molar-refractivity contribution < 1.29 is 83.1 Å². The molecule has 0 aromatic heterocycles. The first-order chi connectivity index (χ1) is 10.7. The van der Waals surface area contributed by atoms with Gasteiger partial charge in [-0.25, -0.2) is 6.61 Å². The zero-order valence-electron chi connectivity index (χ0n) is 13.8. The van der Waals surface area contributed by atoms with Crippen molar-refractivity contribution >= 4 is 23.4 Å². The summed E-state index contributed by atoms with van der Waals surface area (Å²) in [6.45, 7) is 6.51. The van der Waals surface area contributed by atoms with Gasteiger partial charge in [-0.3, -0.25) is 0 Å². The summed E-state index contributed by atoms with van der Waals surface area (Å²) < 4.78 is 17.0. The molecule has 2 saturated heterocycles. The number of hydrogen-bond donors (Lipinski definition) is 0. The fourth-order valence-electron chi connectivity index (χ4n) is 2.68. The Kier molecular flexibility index (Phi) is 9.74. The standard InChI is InChI=1S/C17H22ClO3S.Cs/c1-12-6-17(21-10-12)22-16-8-14(18)7-15(9-16)20-11-13-2-4-19-5-3-13;/h7-10,12-13,17H,2-6,11H2,1H3;/q-1;+1/t12-,17?;/m1./s1. The second-order valence-electron chi connectivity index (χ2n) is 6.02. The van der Waals surface area contributed by atoms with Crippen LogP contribution in [0.25, 0.3) is 0 Å². The van der Waals surface area contributed by atoms with Gasteiger partial charge in [0, 0.05) is 23.1 Å². The molecule has 23 heavy (non-hydrogen) atoms. The largest absolute Gasteiger partial charge is 1.00 e. The van der Waals surface area contributed by atoms with Gasteiger partial charge in [-0.1, -0.05) is 30.3 Å². The maximum atomic E-state index is 6.22. The Labute approximate surface area is 207 Å². The zero-order valence-corrected chi connectivity index (χ0v) is 21.6. The SMILES string of the molecule is C[C@H]1[CH-]OC(Sc2cc(Cl)cc(OCC3CCOCC3)c2)C1.[Cs+]. The maximum Gasteiger partial charge on any atom is 1.00 e. The molecule has 0 N–H and O–H groups in total. The third-order valence-electron chi connectivity index (χ3n) is 3.97. The molecule has 122 valence electrons. The Bertz CT molecular complexity index is 497. The van der Waals surface area contributed by atoms with E-state index in [1.165, 1.54) is 0 Å².